The minimum Gasteiger partial charge on any atom is -0.481 e. The second-order valence-electron chi connectivity index (χ2n) is 6.69. The second kappa shape index (κ2) is 5.80. The summed E-state index contributed by atoms with van der Waals surface area (Å²) >= 11 is 0. The summed E-state index contributed by atoms with van der Waals surface area (Å²) in [6, 6.07) is 0.482. The smallest absolute Gasteiger partial charge is 0.311 e. The molecule has 0 aromatic heterocycles. The molecule has 2 heterocycles. The topological polar surface area (TPSA) is 49.8 Å². The van der Waals surface area contributed by atoms with Crippen molar-refractivity contribution < 1.29 is 14.6 Å². The van der Waals surface area contributed by atoms with Crippen LogP contribution in [0.25, 0.3) is 0 Å². The largest absolute Gasteiger partial charge is 0.481 e. The minimum absolute atomic E-state index is 0.482. The lowest BCUT2D eigenvalue weighted by atomic mass is 9.77. The second-order valence-corrected chi connectivity index (χ2v) is 6.69. The molecule has 1 N–H and O–H groups in total. The lowest BCUT2D eigenvalue weighted by molar-refractivity contribution is -0.158. The van der Waals surface area contributed by atoms with E-state index < -0.39 is 11.4 Å². The third kappa shape index (κ3) is 3.11. The van der Waals surface area contributed by atoms with Gasteiger partial charge in [0.2, 0.25) is 0 Å². The summed E-state index contributed by atoms with van der Waals surface area (Å²) in [6.07, 6.45) is 2.55. The van der Waals surface area contributed by atoms with Gasteiger partial charge >= 0.3 is 5.97 Å². The highest BCUT2D eigenvalue weighted by atomic mass is 16.5. The molecule has 4 heteroatoms. The Balaban J connectivity index is 2.09. The first-order chi connectivity index (χ1) is 8.94. The maximum atomic E-state index is 11.7. The Bertz CT molecular complexity index is 325. The standard InChI is InChI=1S/C15H27NO3/c1-11-8-12(2)13(3)16(9-11)10-15(14(17)18)4-6-19-7-5-15/h11-13H,4-10H2,1-3H3,(H,17,18). The van der Waals surface area contributed by atoms with Gasteiger partial charge in [-0.2, -0.15) is 0 Å². The van der Waals surface area contributed by atoms with Gasteiger partial charge in [-0.25, -0.2) is 0 Å². The van der Waals surface area contributed by atoms with E-state index in [9.17, 15) is 9.90 Å². The van der Waals surface area contributed by atoms with Crippen molar-refractivity contribution in [1.82, 2.24) is 4.90 Å². The summed E-state index contributed by atoms with van der Waals surface area (Å²) in [6.45, 7) is 9.67. The molecule has 19 heavy (non-hydrogen) atoms. The minimum atomic E-state index is -0.645. The Morgan fingerprint density at radius 3 is 2.53 bits per heavy atom. The zero-order valence-corrected chi connectivity index (χ0v) is 12.4. The summed E-state index contributed by atoms with van der Waals surface area (Å²) in [5.41, 5.74) is -0.594. The maximum Gasteiger partial charge on any atom is 0.311 e. The van der Waals surface area contributed by atoms with Gasteiger partial charge in [-0.15, -0.1) is 0 Å². The molecule has 0 saturated carbocycles. The number of piperidine rings is 1. The van der Waals surface area contributed by atoms with E-state index in [4.69, 9.17) is 4.74 Å². The number of carboxylic acid groups (broad SMARTS) is 1. The van der Waals surface area contributed by atoms with Gasteiger partial charge in [0, 0.05) is 32.3 Å². The van der Waals surface area contributed by atoms with Crippen LogP contribution in [-0.2, 0) is 9.53 Å². The highest BCUT2D eigenvalue weighted by molar-refractivity contribution is 5.75. The van der Waals surface area contributed by atoms with Crippen LogP contribution in [0.5, 0.6) is 0 Å². The Hall–Kier alpha value is -0.610. The lowest BCUT2D eigenvalue weighted by Crippen LogP contribution is -2.53. The Labute approximate surface area is 116 Å². The summed E-state index contributed by atoms with van der Waals surface area (Å²) in [4.78, 5) is 14.1. The zero-order chi connectivity index (χ0) is 14.0. The SMILES string of the molecule is CC1CC(C)C(C)N(CC2(C(=O)O)CCOCC2)C1. The number of nitrogens with zero attached hydrogens (tertiary/aromatic N) is 1. The summed E-state index contributed by atoms with van der Waals surface area (Å²) in [5, 5.41) is 9.66. The van der Waals surface area contributed by atoms with E-state index >= 15 is 0 Å². The van der Waals surface area contributed by atoms with E-state index in [0.29, 0.717) is 50.5 Å². The zero-order valence-electron chi connectivity index (χ0n) is 12.4. The molecule has 0 radical (unpaired) electrons. The van der Waals surface area contributed by atoms with Crippen LogP contribution in [-0.4, -0.2) is 48.3 Å². The Morgan fingerprint density at radius 1 is 1.32 bits per heavy atom. The van der Waals surface area contributed by atoms with Gasteiger partial charge in [-0.05, 0) is 38.0 Å². The van der Waals surface area contributed by atoms with Crippen LogP contribution in [0, 0.1) is 17.3 Å². The summed E-state index contributed by atoms with van der Waals surface area (Å²) < 4.78 is 5.35. The first-order valence-electron chi connectivity index (χ1n) is 7.50. The normalized spacial score (nSPS) is 36.1. The molecule has 0 aromatic rings. The first-order valence-corrected chi connectivity index (χ1v) is 7.50. The number of carboxylic acids is 1. The van der Waals surface area contributed by atoms with Crippen molar-refractivity contribution in [3.8, 4) is 0 Å². The lowest BCUT2D eigenvalue weighted by Gasteiger charge is -2.46. The van der Waals surface area contributed by atoms with Crippen molar-refractivity contribution in [3.63, 3.8) is 0 Å². The Morgan fingerprint density at radius 2 is 1.95 bits per heavy atom. The Kier molecular flexibility index (Phi) is 4.51. The third-order valence-corrected chi connectivity index (χ3v) is 5.13. The summed E-state index contributed by atoms with van der Waals surface area (Å²) in [7, 11) is 0. The molecular formula is C15H27NO3. The van der Waals surface area contributed by atoms with Crippen LogP contribution in [0.2, 0.25) is 0 Å². The number of rotatable bonds is 3. The molecule has 4 nitrogen and oxygen atoms in total. The van der Waals surface area contributed by atoms with Gasteiger partial charge in [0.1, 0.15) is 0 Å². The van der Waals surface area contributed by atoms with Crippen molar-refractivity contribution in [2.45, 2.75) is 46.1 Å². The van der Waals surface area contributed by atoms with Crippen LogP contribution in [0.3, 0.4) is 0 Å². The van der Waals surface area contributed by atoms with E-state index in [0.717, 1.165) is 6.54 Å². The molecular weight excluding hydrogens is 242 g/mol. The molecule has 110 valence electrons. The molecule has 3 unspecified atom stereocenters. The fraction of sp³-hybridized carbons (Fsp3) is 0.933. The number of hydrogen-bond acceptors (Lipinski definition) is 3. The molecule has 0 spiro atoms. The van der Waals surface area contributed by atoms with Crippen LogP contribution in [0.4, 0.5) is 0 Å². The predicted molar refractivity (Wildman–Crippen MR) is 74.1 cm³/mol. The van der Waals surface area contributed by atoms with E-state index in [1.807, 2.05) is 0 Å². The van der Waals surface area contributed by atoms with Gasteiger partial charge in [-0.3, -0.25) is 9.69 Å². The van der Waals surface area contributed by atoms with Gasteiger partial charge in [0.25, 0.3) is 0 Å². The van der Waals surface area contributed by atoms with Crippen LogP contribution < -0.4 is 0 Å². The highest BCUT2D eigenvalue weighted by Gasteiger charge is 2.43. The molecule has 0 amide bonds. The number of ether oxygens (including phenoxy) is 1. The molecule has 0 aromatic carbocycles. The average Bonchev–Trinajstić information content (AvgIpc) is 2.36. The van der Waals surface area contributed by atoms with Crippen molar-refractivity contribution in [3.05, 3.63) is 0 Å². The van der Waals surface area contributed by atoms with E-state index in [1.165, 1.54) is 6.42 Å². The fourth-order valence-electron chi connectivity index (χ4n) is 3.63. The van der Waals surface area contributed by atoms with Crippen molar-refractivity contribution in [1.29, 1.82) is 0 Å². The molecule has 2 aliphatic heterocycles. The van der Waals surface area contributed by atoms with Gasteiger partial charge in [0.05, 0.1) is 5.41 Å². The number of aliphatic carboxylic acids is 1. The summed E-state index contributed by atoms with van der Waals surface area (Å²) in [5.74, 6) is 0.667. The molecule has 0 aliphatic carbocycles. The number of carbonyl (C=O) groups is 1. The van der Waals surface area contributed by atoms with Crippen molar-refractivity contribution in [2.75, 3.05) is 26.3 Å². The molecule has 2 rings (SSSR count). The average molecular weight is 269 g/mol. The van der Waals surface area contributed by atoms with E-state index in [1.54, 1.807) is 0 Å². The molecule has 2 aliphatic rings. The predicted octanol–water partition coefficient (Wildman–Crippen LogP) is 2.23. The van der Waals surface area contributed by atoms with Crippen molar-refractivity contribution >= 4 is 5.97 Å². The van der Waals surface area contributed by atoms with Gasteiger partial charge in [-0.1, -0.05) is 13.8 Å². The molecule has 3 atom stereocenters. The van der Waals surface area contributed by atoms with E-state index in [2.05, 4.69) is 25.7 Å². The molecule has 2 fully saturated rings. The van der Waals surface area contributed by atoms with E-state index in [-0.39, 0.29) is 0 Å². The fourth-order valence-corrected chi connectivity index (χ4v) is 3.63. The van der Waals surface area contributed by atoms with Crippen LogP contribution in [0.15, 0.2) is 0 Å². The molecule has 0 bridgehead atoms. The van der Waals surface area contributed by atoms with Gasteiger partial charge in [0.15, 0.2) is 0 Å². The van der Waals surface area contributed by atoms with Crippen LogP contribution in [0.1, 0.15) is 40.0 Å². The maximum absolute atomic E-state index is 11.7. The quantitative estimate of drug-likeness (QED) is 0.853. The highest BCUT2D eigenvalue weighted by Crippen LogP contribution is 2.36. The van der Waals surface area contributed by atoms with Gasteiger partial charge < -0.3 is 9.84 Å². The molecule has 2 saturated heterocycles. The van der Waals surface area contributed by atoms with Crippen LogP contribution >= 0.6 is 0 Å². The first kappa shape index (κ1) is 14.8. The third-order valence-electron chi connectivity index (χ3n) is 5.13. The van der Waals surface area contributed by atoms with Crippen molar-refractivity contribution in [2.24, 2.45) is 17.3 Å². The monoisotopic (exact) mass is 269 g/mol. The number of likely N-dealkylation sites (tertiary alicyclic amines) is 1. The number of hydrogen-bond donors (Lipinski definition) is 1.